The standard InChI is InChI=1S/C17H15NO3/c1-20-13-6-4-5-12(11-13)17-15-8-3-2-7-14(15)16(19)18(17)9-10-21-17/h2-8,11H,9-10H2,1H3. The highest BCUT2D eigenvalue weighted by molar-refractivity contribution is 6.00. The van der Waals surface area contributed by atoms with Crippen LogP contribution in [0.25, 0.3) is 0 Å². The highest BCUT2D eigenvalue weighted by atomic mass is 16.5. The predicted octanol–water partition coefficient (Wildman–Crippen LogP) is 2.38. The molecule has 4 nitrogen and oxygen atoms in total. The Labute approximate surface area is 122 Å². The van der Waals surface area contributed by atoms with Crippen molar-refractivity contribution < 1.29 is 14.3 Å². The first-order valence-corrected chi connectivity index (χ1v) is 6.97. The predicted molar refractivity (Wildman–Crippen MR) is 77.2 cm³/mol. The van der Waals surface area contributed by atoms with Crippen LogP contribution in [0.5, 0.6) is 5.75 Å². The molecule has 106 valence electrons. The Bertz CT molecular complexity index is 727. The van der Waals surface area contributed by atoms with Crippen LogP contribution in [0, 0.1) is 0 Å². The zero-order valence-electron chi connectivity index (χ0n) is 11.7. The van der Waals surface area contributed by atoms with E-state index in [-0.39, 0.29) is 5.91 Å². The third-order valence-electron chi connectivity index (χ3n) is 4.23. The van der Waals surface area contributed by atoms with Crippen molar-refractivity contribution in [1.82, 2.24) is 4.90 Å². The molecule has 21 heavy (non-hydrogen) atoms. The number of fused-ring (bicyclic) bond motifs is 3. The van der Waals surface area contributed by atoms with E-state index in [1.54, 1.807) is 7.11 Å². The minimum atomic E-state index is -0.803. The fraction of sp³-hybridized carbons (Fsp3) is 0.235. The quantitative estimate of drug-likeness (QED) is 0.848. The summed E-state index contributed by atoms with van der Waals surface area (Å²) in [4.78, 5) is 14.4. The van der Waals surface area contributed by atoms with Crippen molar-refractivity contribution in [3.63, 3.8) is 0 Å². The van der Waals surface area contributed by atoms with Crippen LogP contribution in [0.4, 0.5) is 0 Å². The maximum absolute atomic E-state index is 12.6. The van der Waals surface area contributed by atoms with Gasteiger partial charge < -0.3 is 9.47 Å². The molecule has 0 aromatic heterocycles. The van der Waals surface area contributed by atoms with Crippen LogP contribution in [-0.2, 0) is 10.5 Å². The summed E-state index contributed by atoms with van der Waals surface area (Å²) in [5.74, 6) is 0.792. The van der Waals surface area contributed by atoms with Gasteiger partial charge in [0.05, 0.1) is 13.7 Å². The molecule has 2 aliphatic heterocycles. The Kier molecular flexibility index (Phi) is 2.56. The van der Waals surface area contributed by atoms with Gasteiger partial charge in [-0.1, -0.05) is 30.3 Å². The monoisotopic (exact) mass is 281 g/mol. The van der Waals surface area contributed by atoms with Gasteiger partial charge in [0.25, 0.3) is 5.91 Å². The lowest BCUT2D eigenvalue weighted by atomic mass is 9.94. The summed E-state index contributed by atoms with van der Waals surface area (Å²) < 4.78 is 11.4. The summed E-state index contributed by atoms with van der Waals surface area (Å²) in [5.41, 5.74) is 1.76. The number of rotatable bonds is 2. The van der Waals surface area contributed by atoms with Crippen LogP contribution in [0.2, 0.25) is 0 Å². The molecule has 4 heteroatoms. The number of ether oxygens (including phenoxy) is 2. The summed E-state index contributed by atoms with van der Waals surface area (Å²) in [7, 11) is 1.64. The first-order chi connectivity index (χ1) is 10.3. The summed E-state index contributed by atoms with van der Waals surface area (Å²) in [6.07, 6.45) is 0. The topological polar surface area (TPSA) is 38.8 Å². The van der Waals surface area contributed by atoms with Crippen molar-refractivity contribution in [3.8, 4) is 5.75 Å². The Morgan fingerprint density at radius 1 is 1.19 bits per heavy atom. The fourth-order valence-corrected chi connectivity index (χ4v) is 3.33. The van der Waals surface area contributed by atoms with Gasteiger partial charge in [0.1, 0.15) is 5.75 Å². The van der Waals surface area contributed by atoms with Crippen molar-refractivity contribution in [2.75, 3.05) is 20.3 Å². The van der Waals surface area contributed by atoms with Crippen molar-refractivity contribution in [2.24, 2.45) is 0 Å². The van der Waals surface area contributed by atoms with E-state index >= 15 is 0 Å². The highest BCUT2D eigenvalue weighted by Gasteiger charge is 2.55. The average Bonchev–Trinajstić information content (AvgIpc) is 3.08. The molecule has 0 N–H and O–H groups in total. The van der Waals surface area contributed by atoms with Crippen molar-refractivity contribution in [3.05, 3.63) is 65.2 Å². The summed E-state index contributed by atoms with van der Waals surface area (Å²) in [6.45, 7) is 1.14. The molecule has 1 unspecified atom stereocenters. The molecule has 1 saturated heterocycles. The largest absolute Gasteiger partial charge is 0.497 e. The number of nitrogens with zero attached hydrogens (tertiary/aromatic N) is 1. The van der Waals surface area contributed by atoms with Gasteiger partial charge in [0.15, 0.2) is 5.72 Å². The maximum Gasteiger partial charge on any atom is 0.257 e. The van der Waals surface area contributed by atoms with Gasteiger partial charge in [-0.25, -0.2) is 0 Å². The number of benzene rings is 2. The Morgan fingerprint density at radius 3 is 2.90 bits per heavy atom. The molecule has 4 rings (SSSR count). The molecule has 1 atom stereocenters. The van der Waals surface area contributed by atoms with Crippen LogP contribution in [-0.4, -0.2) is 31.1 Å². The number of carbonyl (C=O) groups excluding carboxylic acids is 1. The molecular weight excluding hydrogens is 266 g/mol. The van der Waals surface area contributed by atoms with Gasteiger partial charge >= 0.3 is 0 Å². The molecular formula is C17H15NO3. The second-order valence-electron chi connectivity index (χ2n) is 5.23. The zero-order valence-corrected chi connectivity index (χ0v) is 11.7. The lowest BCUT2D eigenvalue weighted by Gasteiger charge is -2.32. The second kappa shape index (κ2) is 4.33. The van der Waals surface area contributed by atoms with Gasteiger partial charge in [-0.05, 0) is 18.2 Å². The Morgan fingerprint density at radius 2 is 2.05 bits per heavy atom. The van der Waals surface area contributed by atoms with E-state index in [0.29, 0.717) is 13.2 Å². The van der Waals surface area contributed by atoms with Crippen LogP contribution in [0.1, 0.15) is 21.5 Å². The average molecular weight is 281 g/mol. The van der Waals surface area contributed by atoms with Crippen LogP contribution in [0.15, 0.2) is 48.5 Å². The third kappa shape index (κ3) is 1.51. The lowest BCUT2D eigenvalue weighted by Crippen LogP contribution is -2.40. The van der Waals surface area contributed by atoms with E-state index in [2.05, 4.69) is 0 Å². The smallest absolute Gasteiger partial charge is 0.257 e. The SMILES string of the molecule is COc1cccc(C23OCCN2C(=O)c2ccccc23)c1. The van der Waals surface area contributed by atoms with E-state index in [1.807, 2.05) is 53.4 Å². The van der Waals surface area contributed by atoms with Crippen molar-refractivity contribution >= 4 is 5.91 Å². The first-order valence-electron chi connectivity index (χ1n) is 6.97. The maximum atomic E-state index is 12.6. The van der Waals surface area contributed by atoms with Crippen LogP contribution < -0.4 is 4.74 Å². The third-order valence-corrected chi connectivity index (χ3v) is 4.23. The minimum Gasteiger partial charge on any atom is -0.497 e. The molecule has 2 heterocycles. The summed E-state index contributed by atoms with van der Waals surface area (Å²) in [5, 5.41) is 0. The first kappa shape index (κ1) is 12.4. The number of methoxy groups -OCH3 is 1. The highest BCUT2D eigenvalue weighted by Crippen LogP contribution is 2.48. The van der Waals surface area contributed by atoms with Crippen LogP contribution >= 0.6 is 0 Å². The molecule has 2 aromatic carbocycles. The molecule has 0 bridgehead atoms. The van der Waals surface area contributed by atoms with Gasteiger partial charge in [-0.2, -0.15) is 0 Å². The Hall–Kier alpha value is -2.33. The van der Waals surface area contributed by atoms with Crippen LogP contribution in [0.3, 0.4) is 0 Å². The fourth-order valence-electron chi connectivity index (χ4n) is 3.33. The zero-order chi connectivity index (χ0) is 14.4. The Balaban J connectivity index is 1.97. The minimum absolute atomic E-state index is 0.0333. The number of amides is 1. The van der Waals surface area contributed by atoms with Crippen molar-refractivity contribution in [1.29, 1.82) is 0 Å². The molecule has 0 aliphatic carbocycles. The van der Waals surface area contributed by atoms with E-state index in [1.165, 1.54) is 0 Å². The van der Waals surface area contributed by atoms with E-state index in [4.69, 9.17) is 9.47 Å². The van der Waals surface area contributed by atoms with Gasteiger partial charge in [0, 0.05) is 23.2 Å². The van der Waals surface area contributed by atoms with E-state index in [0.717, 1.165) is 22.4 Å². The number of hydrogen-bond donors (Lipinski definition) is 0. The summed E-state index contributed by atoms with van der Waals surface area (Å²) >= 11 is 0. The summed E-state index contributed by atoms with van der Waals surface area (Å²) in [6, 6.07) is 15.4. The van der Waals surface area contributed by atoms with Gasteiger partial charge in [0.2, 0.25) is 0 Å². The lowest BCUT2D eigenvalue weighted by molar-refractivity contribution is -0.0305. The number of carbonyl (C=O) groups is 1. The molecule has 0 spiro atoms. The normalized spacial score (nSPS) is 23.1. The molecule has 2 aliphatic rings. The van der Waals surface area contributed by atoms with E-state index < -0.39 is 5.72 Å². The molecule has 1 fully saturated rings. The van der Waals surface area contributed by atoms with E-state index in [9.17, 15) is 4.79 Å². The van der Waals surface area contributed by atoms with Gasteiger partial charge in [-0.15, -0.1) is 0 Å². The molecule has 1 amide bonds. The molecule has 0 saturated carbocycles. The number of hydrogen-bond acceptors (Lipinski definition) is 3. The van der Waals surface area contributed by atoms with Gasteiger partial charge in [-0.3, -0.25) is 9.69 Å². The van der Waals surface area contributed by atoms with Crippen molar-refractivity contribution in [2.45, 2.75) is 5.72 Å². The second-order valence-corrected chi connectivity index (χ2v) is 5.23. The molecule has 2 aromatic rings. The molecule has 0 radical (unpaired) electrons.